The molecule has 2 aliphatic rings. The zero-order valence-electron chi connectivity index (χ0n) is 13.3. The highest BCUT2D eigenvalue weighted by Gasteiger charge is 2.33. The fourth-order valence-corrected chi connectivity index (χ4v) is 3.15. The van der Waals surface area contributed by atoms with E-state index in [9.17, 15) is 9.59 Å². The Balaban J connectivity index is 1.83. The summed E-state index contributed by atoms with van der Waals surface area (Å²) in [6.07, 6.45) is 2.84. The summed E-state index contributed by atoms with van der Waals surface area (Å²) in [5.74, 6) is -0.0507. The molecule has 0 fully saturated rings. The minimum absolute atomic E-state index is 0.00730. The summed E-state index contributed by atoms with van der Waals surface area (Å²) >= 11 is 0. The minimum Gasteiger partial charge on any atom is -0.348 e. The predicted molar refractivity (Wildman–Crippen MR) is 83.2 cm³/mol. The monoisotopic (exact) mass is 302 g/mol. The van der Waals surface area contributed by atoms with Crippen LogP contribution < -0.4 is 0 Å². The van der Waals surface area contributed by atoms with Gasteiger partial charge in [-0.1, -0.05) is 0 Å². The number of amides is 2. The fraction of sp³-hybridized carbons (Fsp3) is 0.562. The topological polar surface area (TPSA) is 57.9 Å². The molecule has 3 heterocycles. The Morgan fingerprint density at radius 2 is 2.09 bits per heavy atom. The molecular formula is C16H22N4O2. The van der Waals surface area contributed by atoms with Crippen LogP contribution in [0.15, 0.2) is 23.4 Å². The van der Waals surface area contributed by atoms with Gasteiger partial charge in [-0.2, -0.15) is 5.10 Å². The van der Waals surface area contributed by atoms with Gasteiger partial charge in [-0.25, -0.2) is 5.01 Å². The zero-order chi connectivity index (χ0) is 15.9. The second kappa shape index (κ2) is 5.59. The van der Waals surface area contributed by atoms with E-state index >= 15 is 0 Å². The third kappa shape index (κ3) is 2.42. The number of aromatic nitrogens is 1. The summed E-state index contributed by atoms with van der Waals surface area (Å²) in [4.78, 5) is 26.5. The quantitative estimate of drug-likeness (QED) is 0.836. The average molecular weight is 302 g/mol. The summed E-state index contributed by atoms with van der Waals surface area (Å²) in [6.45, 7) is 7.34. The van der Waals surface area contributed by atoms with Crippen molar-refractivity contribution in [2.75, 3.05) is 6.54 Å². The lowest BCUT2D eigenvalue weighted by atomic mass is 10.1. The van der Waals surface area contributed by atoms with Crippen molar-refractivity contribution in [3.8, 4) is 0 Å². The Hall–Kier alpha value is -2.11. The lowest BCUT2D eigenvalue weighted by Gasteiger charge is -2.36. The molecule has 2 amide bonds. The molecule has 6 heteroatoms. The smallest absolute Gasteiger partial charge is 0.270 e. The maximum Gasteiger partial charge on any atom is 0.270 e. The van der Waals surface area contributed by atoms with E-state index in [0.29, 0.717) is 25.1 Å². The Morgan fingerprint density at radius 3 is 2.82 bits per heavy atom. The summed E-state index contributed by atoms with van der Waals surface area (Å²) in [5, 5.41) is 5.76. The van der Waals surface area contributed by atoms with Crippen molar-refractivity contribution in [1.29, 1.82) is 0 Å². The lowest BCUT2D eigenvalue weighted by Crippen LogP contribution is -2.47. The second-order valence-corrected chi connectivity index (χ2v) is 6.18. The van der Waals surface area contributed by atoms with E-state index in [0.717, 1.165) is 12.2 Å². The van der Waals surface area contributed by atoms with E-state index < -0.39 is 0 Å². The highest BCUT2D eigenvalue weighted by Crippen LogP contribution is 2.26. The number of hydrogen-bond donors (Lipinski definition) is 0. The van der Waals surface area contributed by atoms with Crippen LogP contribution in [0.5, 0.6) is 0 Å². The highest BCUT2D eigenvalue weighted by molar-refractivity contribution is 6.39. The Bertz CT molecular complexity index is 632. The van der Waals surface area contributed by atoms with Crippen LogP contribution in [0.3, 0.4) is 0 Å². The molecule has 3 rings (SSSR count). The van der Waals surface area contributed by atoms with Crippen LogP contribution in [0.4, 0.5) is 0 Å². The van der Waals surface area contributed by atoms with Crippen LogP contribution in [-0.2, 0) is 16.1 Å². The molecule has 118 valence electrons. The molecule has 0 spiro atoms. The standard InChI is InChI=1S/C16H22N4O2/c1-11(2)20-15(21)7-6-13(17-20)16(22)19-10-9-18-8-4-5-14(18)12(19)3/h4-5,8,11-12H,6-7,9-10H2,1-3H3/t12-/m1/s1. The van der Waals surface area contributed by atoms with E-state index in [-0.39, 0.29) is 23.9 Å². The molecule has 0 aliphatic carbocycles. The summed E-state index contributed by atoms with van der Waals surface area (Å²) < 4.78 is 2.18. The van der Waals surface area contributed by atoms with Crippen LogP contribution in [0.25, 0.3) is 0 Å². The van der Waals surface area contributed by atoms with E-state index in [2.05, 4.69) is 15.7 Å². The third-order valence-electron chi connectivity index (χ3n) is 4.40. The van der Waals surface area contributed by atoms with E-state index in [1.165, 1.54) is 5.01 Å². The van der Waals surface area contributed by atoms with Crippen molar-refractivity contribution in [2.45, 2.75) is 52.2 Å². The summed E-state index contributed by atoms with van der Waals surface area (Å²) in [5.41, 5.74) is 1.65. The van der Waals surface area contributed by atoms with E-state index in [1.807, 2.05) is 37.9 Å². The maximum absolute atomic E-state index is 12.8. The molecule has 0 radical (unpaired) electrons. The van der Waals surface area contributed by atoms with Crippen molar-refractivity contribution in [3.63, 3.8) is 0 Å². The second-order valence-electron chi connectivity index (χ2n) is 6.18. The lowest BCUT2D eigenvalue weighted by molar-refractivity contribution is -0.134. The summed E-state index contributed by atoms with van der Waals surface area (Å²) in [6, 6.07) is 4.07. The van der Waals surface area contributed by atoms with Crippen LogP contribution in [0, 0.1) is 0 Å². The van der Waals surface area contributed by atoms with E-state index in [4.69, 9.17) is 0 Å². The van der Waals surface area contributed by atoms with Crippen LogP contribution in [-0.4, -0.2) is 44.6 Å². The van der Waals surface area contributed by atoms with Gasteiger partial charge in [-0.05, 0) is 32.9 Å². The number of rotatable bonds is 2. The molecule has 0 bridgehead atoms. The van der Waals surface area contributed by atoms with Crippen molar-refractivity contribution in [1.82, 2.24) is 14.5 Å². The number of carbonyl (C=O) groups is 2. The van der Waals surface area contributed by atoms with Crippen LogP contribution in [0.1, 0.15) is 45.3 Å². The van der Waals surface area contributed by atoms with Gasteiger partial charge in [-0.15, -0.1) is 0 Å². The number of fused-ring (bicyclic) bond motifs is 1. The number of hydrazone groups is 1. The van der Waals surface area contributed by atoms with Gasteiger partial charge in [0.05, 0.1) is 6.04 Å². The molecule has 0 saturated carbocycles. The fourth-order valence-electron chi connectivity index (χ4n) is 3.15. The predicted octanol–water partition coefficient (Wildman–Crippen LogP) is 1.78. The first-order chi connectivity index (χ1) is 10.5. The van der Waals surface area contributed by atoms with Crippen LogP contribution >= 0.6 is 0 Å². The van der Waals surface area contributed by atoms with E-state index in [1.54, 1.807) is 0 Å². The van der Waals surface area contributed by atoms with Crippen molar-refractivity contribution < 1.29 is 9.59 Å². The highest BCUT2D eigenvalue weighted by atomic mass is 16.2. The molecule has 1 atom stereocenters. The maximum atomic E-state index is 12.8. The molecule has 0 unspecified atom stereocenters. The zero-order valence-corrected chi connectivity index (χ0v) is 13.3. The molecule has 0 N–H and O–H groups in total. The van der Waals surface area contributed by atoms with Gasteiger partial charge in [0, 0.05) is 43.9 Å². The van der Waals surface area contributed by atoms with Gasteiger partial charge >= 0.3 is 0 Å². The first-order valence-electron chi connectivity index (χ1n) is 7.84. The van der Waals surface area contributed by atoms with Crippen molar-refractivity contribution in [3.05, 3.63) is 24.0 Å². The molecular weight excluding hydrogens is 280 g/mol. The molecule has 22 heavy (non-hydrogen) atoms. The van der Waals surface area contributed by atoms with Gasteiger partial charge in [-0.3, -0.25) is 9.59 Å². The molecule has 6 nitrogen and oxygen atoms in total. The normalized spacial score (nSPS) is 21.9. The Morgan fingerprint density at radius 1 is 1.32 bits per heavy atom. The minimum atomic E-state index is -0.0434. The molecule has 1 aromatic heterocycles. The van der Waals surface area contributed by atoms with Crippen molar-refractivity contribution in [2.24, 2.45) is 5.10 Å². The Kier molecular flexibility index (Phi) is 3.76. The first-order valence-corrected chi connectivity index (χ1v) is 7.84. The van der Waals surface area contributed by atoms with Crippen molar-refractivity contribution >= 4 is 17.5 Å². The number of hydrogen-bond acceptors (Lipinski definition) is 3. The molecule has 0 aromatic carbocycles. The van der Waals surface area contributed by atoms with Gasteiger partial charge in [0.1, 0.15) is 5.71 Å². The Labute approximate surface area is 130 Å². The van der Waals surface area contributed by atoms with Gasteiger partial charge in [0.15, 0.2) is 0 Å². The molecule has 0 saturated heterocycles. The average Bonchev–Trinajstić information content (AvgIpc) is 2.96. The molecule has 2 aliphatic heterocycles. The third-order valence-corrected chi connectivity index (χ3v) is 4.40. The first kappa shape index (κ1) is 14.8. The van der Waals surface area contributed by atoms with Gasteiger partial charge in [0.2, 0.25) is 5.91 Å². The van der Waals surface area contributed by atoms with Crippen LogP contribution in [0.2, 0.25) is 0 Å². The van der Waals surface area contributed by atoms with Gasteiger partial charge in [0.25, 0.3) is 5.91 Å². The molecule has 1 aromatic rings. The van der Waals surface area contributed by atoms with Gasteiger partial charge < -0.3 is 9.47 Å². The number of nitrogens with zero attached hydrogens (tertiary/aromatic N) is 4. The summed E-state index contributed by atoms with van der Waals surface area (Å²) in [7, 11) is 0. The number of carbonyl (C=O) groups excluding carboxylic acids is 2. The largest absolute Gasteiger partial charge is 0.348 e. The SMILES string of the molecule is CC(C)N1N=C(C(=O)N2CCn3cccc3[C@H]2C)CCC1=O.